The Bertz CT molecular complexity index is 1010. The van der Waals surface area contributed by atoms with E-state index in [2.05, 4.69) is 10.1 Å². The van der Waals surface area contributed by atoms with Crippen molar-refractivity contribution >= 4 is 17.4 Å². The lowest BCUT2D eigenvalue weighted by Crippen LogP contribution is -2.25. The van der Waals surface area contributed by atoms with Crippen LogP contribution in [0.4, 0.5) is 5.69 Å². The van der Waals surface area contributed by atoms with Gasteiger partial charge in [0.05, 0.1) is 6.20 Å². The van der Waals surface area contributed by atoms with Crippen LogP contribution in [-0.4, -0.2) is 33.5 Å². The number of hydrogen-bond donors (Lipinski definition) is 0. The van der Waals surface area contributed by atoms with E-state index in [0.717, 1.165) is 27.9 Å². The zero-order valence-corrected chi connectivity index (χ0v) is 16.6. The highest BCUT2D eigenvalue weighted by molar-refractivity contribution is 5.96. The number of rotatable bonds is 6. The summed E-state index contributed by atoms with van der Waals surface area (Å²) in [5, 5.41) is 4.08. The molecule has 0 N–H and O–H groups in total. The molecule has 3 rings (SSSR count). The molecule has 0 atom stereocenters. The van der Waals surface area contributed by atoms with E-state index in [1.54, 1.807) is 35.1 Å². The summed E-state index contributed by atoms with van der Waals surface area (Å²) in [6.45, 7) is 3.85. The van der Waals surface area contributed by atoms with Crippen molar-refractivity contribution < 1.29 is 9.59 Å². The predicted molar refractivity (Wildman–Crippen MR) is 109 cm³/mol. The van der Waals surface area contributed by atoms with Gasteiger partial charge < -0.3 is 4.90 Å². The third-order valence-corrected chi connectivity index (χ3v) is 4.76. The fraction of sp³-hybridized carbons (Fsp3) is 0.273. The number of ketones is 1. The van der Waals surface area contributed by atoms with E-state index in [0.29, 0.717) is 12.1 Å². The molecule has 0 bridgehead atoms. The van der Waals surface area contributed by atoms with E-state index in [4.69, 9.17) is 0 Å². The lowest BCUT2D eigenvalue weighted by Gasteiger charge is -2.18. The van der Waals surface area contributed by atoms with Gasteiger partial charge in [0.2, 0.25) is 5.91 Å². The standard InChI is InChI=1S/C22H24N4O2/c1-5-22(28)26(4)18-7-8-19(15(2)10-18)17-6-9-20(23-13-17)21(27)11-16-12-24-25(3)14-16/h6-10,12-14H,5,11H2,1-4H3. The van der Waals surface area contributed by atoms with E-state index >= 15 is 0 Å². The van der Waals surface area contributed by atoms with Gasteiger partial charge in [0, 0.05) is 50.6 Å². The summed E-state index contributed by atoms with van der Waals surface area (Å²) in [6.07, 6.45) is 6.00. The van der Waals surface area contributed by atoms with E-state index < -0.39 is 0 Å². The van der Waals surface area contributed by atoms with Gasteiger partial charge in [-0.25, -0.2) is 0 Å². The molecule has 6 heteroatoms. The number of carbonyl (C=O) groups is 2. The first kappa shape index (κ1) is 19.5. The molecule has 0 spiro atoms. The minimum atomic E-state index is -0.0358. The van der Waals surface area contributed by atoms with Crippen molar-refractivity contribution in [1.29, 1.82) is 0 Å². The molecule has 3 aromatic rings. The minimum absolute atomic E-state index is 0.0358. The molecule has 2 heterocycles. The lowest BCUT2D eigenvalue weighted by molar-refractivity contribution is -0.118. The number of Topliss-reactive ketones (excluding diaryl/α,β-unsaturated/α-hetero) is 1. The molecule has 0 saturated heterocycles. The van der Waals surface area contributed by atoms with Crippen LogP contribution in [0.15, 0.2) is 48.9 Å². The Morgan fingerprint density at radius 1 is 1.14 bits per heavy atom. The average Bonchev–Trinajstić information content (AvgIpc) is 3.11. The highest BCUT2D eigenvalue weighted by atomic mass is 16.2. The number of pyridine rings is 1. The molecule has 28 heavy (non-hydrogen) atoms. The van der Waals surface area contributed by atoms with Gasteiger partial charge in [-0.05, 0) is 41.8 Å². The summed E-state index contributed by atoms with van der Waals surface area (Å²) in [7, 11) is 3.61. The van der Waals surface area contributed by atoms with Crippen molar-refractivity contribution in [1.82, 2.24) is 14.8 Å². The normalized spacial score (nSPS) is 10.7. The van der Waals surface area contributed by atoms with Crippen LogP contribution >= 0.6 is 0 Å². The van der Waals surface area contributed by atoms with Crippen LogP contribution in [0.3, 0.4) is 0 Å². The van der Waals surface area contributed by atoms with Gasteiger partial charge in [0.25, 0.3) is 0 Å². The fourth-order valence-electron chi connectivity index (χ4n) is 3.12. The Hall–Kier alpha value is -3.28. The minimum Gasteiger partial charge on any atom is -0.316 e. The van der Waals surface area contributed by atoms with Gasteiger partial charge in [-0.3, -0.25) is 19.3 Å². The van der Waals surface area contributed by atoms with Crippen molar-refractivity contribution in [3.8, 4) is 11.1 Å². The highest BCUT2D eigenvalue weighted by Gasteiger charge is 2.13. The SMILES string of the molecule is CCC(=O)N(C)c1ccc(-c2ccc(C(=O)Cc3cnn(C)c3)nc2)c(C)c1. The van der Waals surface area contributed by atoms with E-state index in [1.165, 1.54) is 0 Å². The van der Waals surface area contributed by atoms with Crippen LogP contribution in [0.1, 0.15) is 35.0 Å². The number of benzene rings is 1. The Morgan fingerprint density at radius 2 is 1.93 bits per heavy atom. The van der Waals surface area contributed by atoms with E-state index in [1.807, 2.05) is 51.4 Å². The monoisotopic (exact) mass is 376 g/mol. The van der Waals surface area contributed by atoms with Gasteiger partial charge in [0.1, 0.15) is 5.69 Å². The molecule has 1 aromatic carbocycles. The first-order valence-corrected chi connectivity index (χ1v) is 9.23. The number of carbonyl (C=O) groups excluding carboxylic acids is 2. The molecule has 0 aliphatic heterocycles. The van der Waals surface area contributed by atoms with Crippen LogP contribution in [0.5, 0.6) is 0 Å². The summed E-state index contributed by atoms with van der Waals surface area (Å²) < 4.78 is 1.68. The number of nitrogens with zero attached hydrogens (tertiary/aromatic N) is 4. The first-order chi connectivity index (χ1) is 13.4. The third kappa shape index (κ3) is 4.17. The second-order valence-corrected chi connectivity index (χ2v) is 6.86. The molecular weight excluding hydrogens is 352 g/mol. The number of aryl methyl sites for hydroxylation is 2. The zero-order chi connectivity index (χ0) is 20.3. The van der Waals surface area contributed by atoms with Crippen LogP contribution in [0.2, 0.25) is 0 Å². The Kier molecular flexibility index (Phi) is 5.68. The zero-order valence-electron chi connectivity index (χ0n) is 16.6. The molecule has 0 aliphatic rings. The maximum Gasteiger partial charge on any atom is 0.226 e. The van der Waals surface area contributed by atoms with Crippen molar-refractivity contribution in [2.75, 3.05) is 11.9 Å². The third-order valence-electron chi connectivity index (χ3n) is 4.76. The van der Waals surface area contributed by atoms with Crippen molar-refractivity contribution in [3.05, 3.63) is 65.7 Å². The van der Waals surface area contributed by atoms with Crippen LogP contribution in [-0.2, 0) is 18.3 Å². The summed E-state index contributed by atoms with van der Waals surface area (Å²) in [6, 6.07) is 9.57. The molecular formula is C22H24N4O2. The Labute approximate surface area is 164 Å². The first-order valence-electron chi connectivity index (χ1n) is 9.23. The lowest BCUT2D eigenvalue weighted by atomic mass is 10.0. The van der Waals surface area contributed by atoms with Crippen LogP contribution < -0.4 is 4.90 Å². The van der Waals surface area contributed by atoms with E-state index in [9.17, 15) is 9.59 Å². The van der Waals surface area contributed by atoms with Crippen molar-refractivity contribution in [3.63, 3.8) is 0 Å². The van der Waals surface area contributed by atoms with Gasteiger partial charge >= 0.3 is 0 Å². The van der Waals surface area contributed by atoms with Gasteiger partial charge in [-0.15, -0.1) is 0 Å². The molecule has 0 fully saturated rings. The molecule has 6 nitrogen and oxygen atoms in total. The number of anilines is 1. The topological polar surface area (TPSA) is 68.1 Å². The Balaban J connectivity index is 1.77. The quantitative estimate of drug-likeness (QED) is 0.617. The van der Waals surface area contributed by atoms with Crippen LogP contribution in [0.25, 0.3) is 11.1 Å². The summed E-state index contributed by atoms with van der Waals surface area (Å²) >= 11 is 0. The largest absolute Gasteiger partial charge is 0.316 e. The smallest absolute Gasteiger partial charge is 0.226 e. The second-order valence-electron chi connectivity index (χ2n) is 6.86. The average molecular weight is 376 g/mol. The van der Waals surface area contributed by atoms with Gasteiger partial charge in [0.15, 0.2) is 5.78 Å². The van der Waals surface area contributed by atoms with Crippen molar-refractivity contribution in [2.24, 2.45) is 7.05 Å². The maximum absolute atomic E-state index is 12.4. The molecule has 144 valence electrons. The summed E-state index contributed by atoms with van der Waals surface area (Å²) in [5.41, 5.74) is 5.19. The Morgan fingerprint density at radius 3 is 2.50 bits per heavy atom. The second kappa shape index (κ2) is 8.17. The number of aromatic nitrogens is 3. The molecule has 2 aromatic heterocycles. The molecule has 1 amide bonds. The van der Waals surface area contributed by atoms with Crippen molar-refractivity contribution in [2.45, 2.75) is 26.7 Å². The van der Waals surface area contributed by atoms with E-state index in [-0.39, 0.29) is 18.1 Å². The molecule has 0 unspecified atom stereocenters. The predicted octanol–water partition coefficient (Wildman–Crippen LogP) is 3.59. The maximum atomic E-state index is 12.4. The summed E-state index contributed by atoms with van der Waals surface area (Å²) in [5.74, 6) is 0.0385. The molecule has 0 saturated carbocycles. The number of amides is 1. The van der Waals surface area contributed by atoms with Crippen LogP contribution in [0, 0.1) is 6.92 Å². The molecule has 0 radical (unpaired) electrons. The molecule has 0 aliphatic carbocycles. The summed E-state index contributed by atoms with van der Waals surface area (Å²) in [4.78, 5) is 30.3. The fourth-order valence-corrected chi connectivity index (χ4v) is 3.12. The number of hydrogen-bond acceptors (Lipinski definition) is 4. The highest BCUT2D eigenvalue weighted by Crippen LogP contribution is 2.27. The van der Waals surface area contributed by atoms with Gasteiger partial charge in [-0.2, -0.15) is 5.10 Å². The van der Waals surface area contributed by atoms with Gasteiger partial charge in [-0.1, -0.05) is 19.1 Å².